The van der Waals surface area contributed by atoms with E-state index in [9.17, 15) is 4.79 Å². The molecule has 6 nitrogen and oxygen atoms in total. The van der Waals surface area contributed by atoms with Crippen LogP contribution in [0, 0.1) is 0 Å². The fourth-order valence-corrected chi connectivity index (χ4v) is 2.69. The standard InChI is InChI=1S/C16H22N4O2/c21-16-14(12-13-4-2-1-3-5-13)17-15(18-19-16)6-7-20-8-10-22-11-9-20/h1-5,14H,6-12H2,(H,17,18)(H,19,21). The number of hydrazine groups is 1. The molecule has 0 bridgehead atoms. The molecule has 22 heavy (non-hydrogen) atoms. The highest BCUT2D eigenvalue weighted by Gasteiger charge is 2.23. The molecule has 6 heteroatoms. The zero-order chi connectivity index (χ0) is 15.2. The predicted octanol–water partition coefficient (Wildman–Crippen LogP) is 0.353. The van der Waals surface area contributed by atoms with Crippen LogP contribution < -0.4 is 10.9 Å². The van der Waals surface area contributed by atoms with E-state index in [1.54, 1.807) is 0 Å². The number of aliphatic imine (C=N–C) groups is 1. The summed E-state index contributed by atoms with van der Waals surface area (Å²) in [6, 6.07) is 9.65. The Labute approximate surface area is 130 Å². The maximum absolute atomic E-state index is 11.9. The van der Waals surface area contributed by atoms with Crippen molar-refractivity contribution in [3.05, 3.63) is 35.9 Å². The number of carbonyl (C=O) groups excluding carboxylic acids is 1. The van der Waals surface area contributed by atoms with Crippen molar-refractivity contribution in [1.82, 2.24) is 15.8 Å². The van der Waals surface area contributed by atoms with Crippen molar-refractivity contribution in [2.45, 2.75) is 18.9 Å². The molecule has 2 heterocycles. The summed E-state index contributed by atoms with van der Waals surface area (Å²) in [4.78, 5) is 18.9. The number of carbonyl (C=O) groups is 1. The fourth-order valence-electron chi connectivity index (χ4n) is 2.69. The summed E-state index contributed by atoms with van der Waals surface area (Å²) in [6.07, 6.45) is 1.45. The number of hydrogen-bond donors (Lipinski definition) is 2. The molecule has 2 aliphatic rings. The average Bonchev–Trinajstić information content (AvgIpc) is 2.57. The molecule has 0 aromatic heterocycles. The zero-order valence-electron chi connectivity index (χ0n) is 12.6. The van der Waals surface area contributed by atoms with Crippen LogP contribution in [0.2, 0.25) is 0 Å². The zero-order valence-corrected chi connectivity index (χ0v) is 12.6. The molecule has 2 aliphatic heterocycles. The molecule has 0 aliphatic carbocycles. The Morgan fingerprint density at radius 2 is 1.95 bits per heavy atom. The van der Waals surface area contributed by atoms with Crippen LogP contribution >= 0.6 is 0 Å². The number of morpholine rings is 1. The number of hydrogen-bond acceptors (Lipinski definition) is 5. The van der Waals surface area contributed by atoms with Crippen molar-refractivity contribution in [3.8, 4) is 0 Å². The van der Waals surface area contributed by atoms with Crippen molar-refractivity contribution < 1.29 is 9.53 Å². The van der Waals surface area contributed by atoms with Gasteiger partial charge in [-0.1, -0.05) is 30.3 Å². The largest absolute Gasteiger partial charge is 0.379 e. The SMILES string of the molecule is O=C1NNC(CCN2CCOCC2)=NC1Cc1ccccc1. The van der Waals surface area contributed by atoms with Gasteiger partial charge in [0.25, 0.3) is 5.91 Å². The first-order valence-corrected chi connectivity index (χ1v) is 7.78. The number of nitrogens with one attached hydrogen (secondary N) is 2. The van der Waals surface area contributed by atoms with Gasteiger partial charge in [-0.3, -0.25) is 25.5 Å². The first-order valence-electron chi connectivity index (χ1n) is 7.78. The molecule has 1 fully saturated rings. The maximum atomic E-state index is 11.9. The quantitative estimate of drug-likeness (QED) is 0.824. The molecular formula is C16H22N4O2. The van der Waals surface area contributed by atoms with Crippen LogP contribution in [-0.2, 0) is 16.0 Å². The lowest BCUT2D eigenvalue weighted by Gasteiger charge is -2.28. The maximum Gasteiger partial charge on any atom is 0.263 e. The molecule has 1 saturated heterocycles. The van der Waals surface area contributed by atoms with Gasteiger partial charge in [0.15, 0.2) is 0 Å². The lowest BCUT2D eigenvalue weighted by molar-refractivity contribution is -0.123. The Morgan fingerprint density at radius 3 is 2.73 bits per heavy atom. The van der Waals surface area contributed by atoms with Gasteiger partial charge in [0.05, 0.1) is 13.2 Å². The van der Waals surface area contributed by atoms with Gasteiger partial charge >= 0.3 is 0 Å². The van der Waals surface area contributed by atoms with E-state index in [-0.39, 0.29) is 11.9 Å². The summed E-state index contributed by atoms with van der Waals surface area (Å²) in [5, 5.41) is 0. The van der Waals surface area contributed by atoms with E-state index in [1.165, 1.54) is 0 Å². The Bertz CT molecular complexity index is 526. The highest BCUT2D eigenvalue weighted by molar-refractivity contribution is 5.93. The van der Waals surface area contributed by atoms with E-state index >= 15 is 0 Å². The van der Waals surface area contributed by atoms with Crippen molar-refractivity contribution in [2.24, 2.45) is 4.99 Å². The predicted molar refractivity (Wildman–Crippen MR) is 84.5 cm³/mol. The van der Waals surface area contributed by atoms with Gasteiger partial charge in [-0.05, 0) is 5.56 Å². The van der Waals surface area contributed by atoms with Crippen molar-refractivity contribution in [1.29, 1.82) is 0 Å². The topological polar surface area (TPSA) is 66.0 Å². The molecule has 1 atom stereocenters. The lowest BCUT2D eigenvalue weighted by atomic mass is 10.1. The van der Waals surface area contributed by atoms with E-state index < -0.39 is 0 Å². The fraction of sp³-hybridized carbons (Fsp3) is 0.500. The molecule has 2 N–H and O–H groups in total. The van der Waals surface area contributed by atoms with Gasteiger partial charge < -0.3 is 4.74 Å². The first-order chi connectivity index (χ1) is 10.8. The van der Waals surface area contributed by atoms with Gasteiger partial charge in [-0.2, -0.15) is 0 Å². The molecule has 1 amide bonds. The summed E-state index contributed by atoms with van der Waals surface area (Å²) in [7, 11) is 0. The second kappa shape index (κ2) is 7.38. The Kier molecular flexibility index (Phi) is 5.03. The van der Waals surface area contributed by atoms with Gasteiger partial charge in [-0.15, -0.1) is 0 Å². The van der Waals surface area contributed by atoms with E-state index in [2.05, 4.69) is 20.7 Å². The molecule has 118 valence electrons. The highest BCUT2D eigenvalue weighted by atomic mass is 16.5. The number of rotatable bonds is 5. The minimum atomic E-state index is -0.344. The minimum absolute atomic E-state index is 0.0704. The minimum Gasteiger partial charge on any atom is -0.379 e. The number of ether oxygens (including phenoxy) is 1. The summed E-state index contributed by atoms with van der Waals surface area (Å²) >= 11 is 0. The monoisotopic (exact) mass is 302 g/mol. The summed E-state index contributed by atoms with van der Waals surface area (Å²) in [5.41, 5.74) is 6.77. The van der Waals surface area contributed by atoms with E-state index in [4.69, 9.17) is 4.74 Å². The molecule has 0 saturated carbocycles. The summed E-state index contributed by atoms with van der Waals surface area (Å²) in [5.74, 6) is 0.783. The highest BCUT2D eigenvalue weighted by Crippen LogP contribution is 2.09. The Balaban J connectivity index is 1.57. The van der Waals surface area contributed by atoms with Crippen LogP contribution in [0.15, 0.2) is 35.3 Å². The third-order valence-electron chi connectivity index (χ3n) is 3.98. The van der Waals surface area contributed by atoms with E-state index in [0.29, 0.717) is 6.42 Å². The third-order valence-corrected chi connectivity index (χ3v) is 3.98. The van der Waals surface area contributed by atoms with Crippen LogP contribution in [0.3, 0.4) is 0 Å². The average molecular weight is 302 g/mol. The summed E-state index contributed by atoms with van der Waals surface area (Å²) in [6.45, 7) is 4.46. The van der Waals surface area contributed by atoms with Crippen molar-refractivity contribution in [2.75, 3.05) is 32.8 Å². The van der Waals surface area contributed by atoms with Crippen molar-refractivity contribution >= 4 is 11.7 Å². The van der Waals surface area contributed by atoms with Gasteiger partial charge in [-0.25, -0.2) is 0 Å². The molecular weight excluding hydrogens is 280 g/mol. The van der Waals surface area contributed by atoms with Gasteiger partial charge in [0.1, 0.15) is 11.9 Å². The number of amidine groups is 1. The summed E-state index contributed by atoms with van der Waals surface area (Å²) < 4.78 is 5.34. The van der Waals surface area contributed by atoms with Crippen LogP contribution in [0.5, 0.6) is 0 Å². The number of amides is 1. The normalized spacial score (nSPS) is 22.6. The van der Waals surface area contributed by atoms with Crippen LogP contribution in [0.25, 0.3) is 0 Å². The molecule has 1 aromatic carbocycles. The smallest absolute Gasteiger partial charge is 0.263 e. The van der Waals surface area contributed by atoms with Crippen molar-refractivity contribution in [3.63, 3.8) is 0 Å². The number of nitrogens with zero attached hydrogens (tertiary/aromatic N) is 2. The van der Waals surface area contributed by atoms with Crippen LogP contribution in [0.1, 0.15) is 12.0 Å². The van der Waals surface area contributed by atoms with E-state index in [0.717, 1.165) is 50.7 Å². The van der Waals surface area contributed by atoms with Gasteiger partial charge in [0, 0.05) is 32.5 Å². The Hall–Kier alpha value is -1.92. The van der Waals surface area contributed by atoms with Gasteiger partial charge in [0.2, 0.25) is 0 Å². The molecule has 1 unspecified atom stereocenters. The van der Waals surface area contributed by atoms with Crippen LogP contribution in [0.4, 0.5) is 0 Å². The van der Waals surface area contributed by atoms with E-state index in [1.807, 2.05) is 30.3 Å². The number of benzene rings is 1. The first kappa shape index (κ1) is 15.0. The third kappa shape index (κ3) is 4.05. The van der Waals surface area contributed by atoms with Crippen LogP contribution in [-0.4, -0.2) is 55.5 Å². The second-order valence-electron chi connectivity index (χ2n) is 5.60. The lowest BCUT2D eigenvalue weighted by Crippen LogP contribution is -2.52. The molecule has 3 rings (SSSR count). The Morgan fingerprint density at radius 1 is 1.18 bits per heavy atom. The molecule has 1 aromatic rings. The molecule has 0 spiro atoms. The molecule has 0 radical (unpaired) electrons. The second-order valence-corrected chi connectivity index (χ2v) is 5.60.